The lowest BCUT2D eigenvalue weighted by molar-refractivity contribution is -0.124. The Morgan fingerprint density at radius 3 is 1.50 bits per heavy atom. The number of carbonyl (C=O) groups excluding carboxylic acids is 3. The third kappa shape index (κ3) is 10.8. The Kier molecular flexibility index (Phi) is 13.9. The highest BCUT2D eigenvalue weighted by atomic mass is 16.5. The molecule has 4 aromatic rings. The van der Waals surface area contributed by atoms with Gasteiger partial charge >= 0.3 is 17.9 Å². The summed E-state index contributed by atoms with van der Waals surface area (Å²) in [5, 5.41) is 26.2. The van der Waals surface area contributed by atoms with E-state index in [2.05, 4.69) is 6.58 Å². The second kappa shape index (κ2) is 18.2. The molecule has 1 unspecified atom stereocenters. The number of ether oxygens (including phenoxy) is 1. The summed E-state index contributed by atoms with van der Waals surface area (Å²) >= 11 is 0. The quantitative estimate of drug-likeness (QED) is 0.107. The summed E-state index contributed by atoms with van der Waals surface area (Å²) in [6.07, 6.45) is 5.51. The van der Waals surface area contributed by atoms with Crippen molar-refractivity contribution in [1.82, 2.24) is 0 Å². The zero-order valence-electron chi connectivity index (χ0n) is 27.4. The number of hydrogen-bond donors (Lipinski definition) is 3. The van der Waals surface area contributed by atoms with Crippen molar-refractivity contribution in [2.75, 3.05) is 0 Å². The first-order valence-corrected chi connectivity index (χ1v) is 15.4. The van der Waals surface area contributed by atoms with Crippen LogP contribution in [0.5, 0.6) is 5.75 Å². The second-order valence-electron chi connectivity index (χ2n) is 11.3. The predicted octanol–water partition coefficient (Wildman–Crippen LogP) is 7.41. The lowest BCUT2D eigenvalue weighted by atomic mass is 9.58. The maximum absolute atomic E-state index is 12.0. The van der Waals surface area contributed by atoms with Crippen molar-refractivity contribution in [3.63, 3.8) is 0 Å². The number of hydrogen-bond acceptors (Lipinski definition) is 7. The fourth-order valence-corrected chi connectivity index (χ4v) is 5.29. The minimum atomic E-state index is -0.955. The Morgan fingerprint density at radius 1 is 0.660 bits per heavy atom. The minimum absolute atomic E-state index is 0.0349. The van der Waals surface area contributed by atoms with E-state index < -0.39 is 17.9 Å². The van der Waals surface area contributed by atoms with Gasteiger partial charge in [0.2, 0.25) is 0 Å². The molecular weight excluding hydrogens is 640 g/mol. The van der Waals surface area contributed by atoms with Crippen molar-refractivity contribution in [1.29, 1.82) is 0 Å². The van der Waals surface area contributed by atoms with E-state index in [0.29, 0.717) is 17.8 Å². The smallest absolute Gasteiger partial charge is 0.335 e. The fraction of sp³-hybridized carbons (Fsp3) is 0.150. The maximum atomic E-state index is 12.0. The van der Waals surface area contributed by atoms with Crippen LogP contribution in [-0.4, -0.2) is 51.3 Å². The number of Topliss-reactive ketones (excluding diaryl/α,β-unsaturated/α-hetero) is 1. The largest absolute Gasteiger partial charge is 0.478 e. The normalized spacial score (nSPS) is 15.8. The zero-order valence-corrected chi connectivity index (χ0v) is 27.4. The Balaban J connectivity index is 0.000000228. The van der Waals surface area contributed by atoms with E-state index in [-0.39, 0.29) is 40.4 Å². The molecule has 10 nitrogen and oxygen atoms in total. The summed E-state index contributed by atoms with van der Waals surface area (Å²) < 4.78 is 4.81. The second-order valence-corrected chi connectivity index (χ2v) is 11.3. The molecule has 50 heavy (non-hydrogen) atoms. The molecule has 0 heterocycles. The van der Waals surface area contributed by atoms with Crippen molar-refractivity contribution in [2.45, 2.75) is 32.1 Å². The molecule has 256 valence electrons. The average molecular weight is 677 g/mol. The first-order chi connectivity index (χ1) is 23.8. The van der Waals surface area contributed by atoms with Gasteiger partial charge in [0.1, 0.15) is 11.5 Å². The number of carboxylic acid groups (broad SMARTS) is 3. The average Bonchev–Trinajstić information content (AvgIpc) is 3.08. The molecule has 3 N–H and O–H groups in total. The summed E-state index contributed by atoms with van der Waals surface area (Å²) in [4.78, 5) is 64.8. The van der Waals surface area contributed by atoms with Crippen LogP contribution in [0.4, 0.5) is 0 Å². The molecule has 0 aromatic heterocycles. The summed E-state index contributed by atoms with van der Waals surface area (Å²) in [6, 6.07) is 26.9. The Hall–Kier alpha value is -6.42. The number of carbonyl (C=O) groups is 6. The minimum Gasteiger partial charge on any atom is -0.478 e. The predicted molar refractivity (Wildman–Crippen MR) is 187 cm³/mol. The lowest BCUT2D eigenvalue weighted by Gasteiger charge is -2.44. The number of ketones is 2. The van der Waals surface area contributed by atoms with Crippen molar-refractivity contribution in [3.05, 3.63) is 149 Å². The third-order valence-electron chi connectivity index (χ3n) is 7.99. The zero-order chi connectivity index (χ0) is 36.8. The maximum Gasteiger partial charge on any atom is 0.335 e. The van der Waals surface area contributed by atoms with E-state index in [0.717, 1.165) is 28.7 Å². The molecular formula is C40H36O10. The van der Waals surface area contributed by atoms with E-state index >= 15 is 0 Å². The van der Waals surface area contributed by atoms with Crippen LogP contribution in [0, 0.1) is 5.92 Å². The Bertz CT molecular complexity index is 1850. The van der Waals surface area contributed by atoms with E-state index in [4.69, 9.17) is 20.1 Å². The fourth-order valence-electron chi connectivity index (χ4n) is 5.29. The highest BCUT2D eigenvalue weighted by molar-refractivity contribution is 5.92. The van der Waals surface area contributed by atoms with Crippen molar-refractivity contribution in [3.8, 4) is 5.75 Å². The van der Waals surface area contributed by atoms with Gasteiger partial charge < -0.3 is 20.1 Å². The van der Waals surface area contributed by atoms with E-state index in [9.17, 15) is 28.8 Å². The summed E-state index contributed by atoms with van der Waals surface area (Å²) in [5.74, 6) is -2.09. The summed E-state index contributed by atoms with van der Waals surface area (Å²) in [7, 11) is 0. The van der Waals surface area contributed by atoms with Crippen molar-refractivity contribution < 1.29 is 48.8 Å². The van der Waals surface area contributed by atoms with Gasteiger partial charge in [-0.05, 0) is 103 Å². The summed E-state index contributed by atoms with van der Waals surface area (Å²) in [6.45, 7) is 7.00. The first-order valence-electron chi connectivity index (χ1n) is 15.4. The SMILES string of the molecule is C=Cc1ccc(C(=O)O)cc1.CC(=O)/C=C/c1ccc(C(=O)O)cc1.CC(=O)C1C[C@@H](c2ccc(C(=O)O)cc2)[C@@H]1c1ccc(OC=O)cc1. The molecule has 0 amide bonds. The molecule has 10 heteroatoms. The van der Waals surface area contributed by atoms with Crippen LogP contribution < -0.4 is 4.74 Å². The molecule has 0 bridgehead atoms. The van der Waals surface area contributed by atoms with E-state index in [1.54, 1.807) is 79.7 Å². The molecule has 3 atom stereocenters. The Labute approximate surface area is 289 Å². The van der Waals surface area contributed by atoms with Crippen LogP contribution in [0.3, 0.4) is 0 Å². The molecule has 5 rings (SSSR count). The van der Waals surface area contributed by atoms with Crippen LogP contribution >= 0.6 is 0 Å². The molecule has 1 aliphatic rings. The molecule has 0 saturated heterocycles. The number of benzene rings is 4. The van der Waals surface area contributed by atoms with Gasteiger partial charge in [0.05, 0.1) is 16.7 Å². The van der Waals surface area contributed by atoms with Gasteiger partial charge in [-0.25, -0.2) is 14.4 Å². The highest BCUT2D eigenvalue weighted by Crippen LogP contribution is 2.54. The van der Waals surface area contributed by atoms with Crippen LogP contribution in [0.15, 0.2) is 110 Å². The van der Waals surface area contributed by atoms with Gasteiger partial charge in [0.15, 0.2) is 5.78 Å². The first kappa shape index (κ1) is 38.0. The van der Waals surface area contributed by atoms with Gasteiger partial charge in [0.25, 0.3) is 6.47 Å². The molecule has 0 spiro atoms. The van der Waals surface area contributed by atoms with Gasteiger partial charge in [0, 0.05) is 11.8 Å². The van der Waals surface area contributed by atoms with Crippen molar-refractivity contribution in [2.24, 2.45) is 5.92 Å². The highest BCUT2D eigenvalue weighted by Gasteiger charge is 2.45. The van der Waals surface area contributed by atoms with Crippen LogP contribution in [0.1, 0.15) is 85.4 Å². The molecule has 4 aromatic carbocycles. The number of rotatable bonds is 11. The monoisotopic (exact) mass is 676 g/mol. The Morgan fingerprint density at radius 2 is 1.10 bits per heavy atom. The van der Waals surface area contributed by atoms with Gasteiger partial charge in [-0.1, -0.05) is 67.3 Å². The standard InChI is InChI=1S/C20H18O5.C11H10O3.C9H8O2/c1-12(22)17-10-18(13-2-4-15(5-3-13)20(23)24)19(17)14-6-8-16(9-7-14)25-11-21;1-8(12)2-3-9-4-6-10(7-5-9)11(13)14;1-2-7-3-5-8(6-4-7)9(10)11/h2-9,11,17-19H,10H2,1H3,(H,23,24);2-7H,1H3,(H,13,14);2-6H,1H2,(H,10,11)/b;3-2+;/t17?,18-,19+;;/m0../s1. The van der Waals surface area contributed by atoms with E-state index in [1.807, 2.05) is 24.3 Å². The van der Waals surface area contributed by atoms with Crippen molar-refractivity contribution >= 4 is 48.1 Å². The number of allylic oxidation sites excluding steroid dienone is 1. The van der Waals surface area contributed by atoms with Crippen LogP contribution in [0.25, 0.3) is 12.2 Å². The van der Waals surface area contributed by atoms with Gasteiger partial charge in [-0.2, -0.15) is 0 Å². The summed E-state index contributed by atoms with van der Waals surface area (Å²) in [5.41, 5.74) is 4.57. The van der Waals surface area contributed by atoms with Crippen LogP contribution in [0.2, 0.25) is 0 Å². The number of aromatic carboxylic acids is 3. The topological polar surface area (TPSA) is 172 Å². The van der Waals surface area contributed by atoms with Gasteiger partial charge in [-0.15, -0.1) is 0 Å². The molecule has 1 saturated carbocycles. The van der Waals surface area contributed by atoms with Crippen LogP contribution in [-0.2, 0) is 14.4 Å². The molecule has 1 aliphatic carbocycles. The lowest BCUT2D eigenvalue weighted by Crippen LogP contribution is -2.37. The molecule has 0 aliphatic heterocycles. The van der Waals surface area contributed by atoms with Gasteiger partial charge in [-0.3, -0.25) is 14.4 Å². The molecule has 1 fully saturated rings. The number of carboxylic acids is 3. The van der Waals surface area contributed by atoms with E-state index in [1.165, 1.54) is 25.1 Å². The third-order valence-corrected chi connectivity index (χ3v) is 7.99. The molecule has 0 radical (unpaired) electrons.